The SMILES string of the molecule is c1ccc([Si](c2ccccc2)(c2ccccc2)c2ccc(-n3c4ccc([Si](c5ccccc5)(c5ccccc5)c5ccccc5)cc4c4cc([Si](c5ccccc5)(c5ccccc5)c5ccccc5)ccc43)cc2)cc1. The molecule has 0 N–H and O–H groups in total. The topological polar surface area (TPSA) is 4.93 Å². The summed E-state index contributed by atoms with van der Waals surface area (Å²) in [5.74, 6) is 0. The van der Waals surface area contributed by atoms with Crippen molar-refractivity contribution in [3.63, 3.8) is 0 Å². The fourth-order valence-electron chi connectivity index (χ4n) is 12.8. The average molecular weight is 1020 g/mol. The van der Waals surface area contributed by atoms with Crippen molar-refractivity contribution in [3.05, 3.63) is 334 Å². The third-order valence-corrected chi connectivity index (χ3v) is 30.4. The Kier molecular flexibility index (Phi) is 12.4. The summed E-state index contributed by atoms with van der Waals surface area (Å²) >= 11 is 0. The van der Waals surface area contributed by atoms with Crippen molar-refractivity contribution in [3.8, 4) is 5.69 Å². The lowest BCUT2D eigenvalue weighted by atomic mass is 10.1. The number of aromatic nitrogens is 1. The Hall–Kier alpha value is -8.91. The Bertz CT molecular complexity index is 3570. The highest BCUT2D eigenvalue weighted by Crippen LogP contribution is 2.33. The predicted molar refractivity (Wildman–Crippen MR) is 332 cm³/mol. The molecule has 0 amide bonds. The minimum absolute atomic E-state index is 1.14. The smallest absolute Gasteiger partial charge is 0.179 e. The van der Waals surface area contributed by atoms with E-state index in [0.717, 1.165) is 5.69 Å². The second-order valence-electron chi connectivity index (χ2n) is 19.9. The minimum Gasteiger partial charge on any atom is -0.309 e. The summed E-state index contributed by atoms with van der Waals surface area (Å²) in [5, 5.41) is 18.8. The van der Waals surface area contributed by atoms with Crippen LogP contribution < -0.4 is 62.2 Å². The van der Waals surface area contributed by atoms with Crippen molar-refractivity contribution >= 4 is 108 Å². The maximum atomic E-state index is 2.58. The standard InChI is InChI=1S/C72H55NSi3/c1-10-28-57(29-11-1)74(58-30-12-2-13-31-58,59-32-14-3-15-33-59)66-48-46-56(47-49-66)73-71-52-50-67(75(60-34-16-4-17-35-60,61-36-18-5-19-37-61)62-38-20-6-21-39-62)54-69(71)70-55-68(51-53-72(70)73)76(63-40-22-7-23-41-63,64-42-24-8-25-43-64)65-44-26-9-27-45-65/h1-55H. The second-order valence-corrected chi connectivity index (χ2v) is 31.3. The molecular formula is C72H55NSi3. The molecule has 76 heavy (non-hydrogen) atoms. The van der Waals surface area contributed by atoms with Gasteiger partial charge in [0.1, 0.15) is 0 Å². The van der Waals surface area contributed by atoms with Crippen molar-refractivity contribution in [2.45, 2.75) is 0 Å². The molecule has 4 heteroatoms. The molecule has 0 atom stereocenters. The van der Waals surface area contributed by atoms with Crippen molar-refractivity contribution in [1.29, 1.82) is 0 Å². The van der Waals surface area contributed by atoms with Crippen molar-refractivity contribution in [1.82, 2.24) is 4.57 Å². The van der Waals surface area contributed by atoms with Crippen LogP contribution in [0.2, 0.25) is 0 Å². The van der Waals surface area contributed by atoms with Crippen LogP contribution in [0, 0.1) is 0 Å². The lowest BCUT2D eigenvalue weighted by Crippen LogP contribution is -2.74. The molecule has 0 radical (unpaired) electrons. The van der Waals surface area contributed by atoms with Crippen molar-refractivity contribution < 1.29 is 0 Å². The Balaban J connectivity index is 1.12. The fraction of sp³-hybridized carbons (Fsp3) is 0. The molecule has 1 aromatic heterocycles. The number of hydrogen-bond acceptors (Lipinski definition) is 0. The Labute approximate surface area is 449 Å². The molecule has 1 nitrogen and oxygen atoms in total. The Morgan fingerprint density at radius 2 is 0.355 bits per heavy atom. The van der Waals surface area contributed by atoms with E-state index < -0.39 is 24.2 Å². The van der Waals surface area contributed by atoms with Gasteiger partial charge < -0.3 is 4.57 Å². The number of fused-ring (bicyclic) bond motifs is 3. The van der Waals surface area contributed by atoms with Gasteiger partial charge in [-0.15, -0.1) is 0 Å². The van der Waals surface area contributed by atoms with Crippen molar-refractivity contribution in [2.24, 2.45) is 0 Å². The van der Waals surface area contributed by atoms with Gasteiger partial charge in [0.05, 0.1) is 11.0 Å². The highest BCUT2D eigenvalue weighted by Gasteiger charge is 2.44. The first-order chi connectivity index (χ1) is 37.7. The van der Waals surface area contributed by atoms with Gasteiger partial charge in [0.2, 0.25) is 0 Å². The van der Waals surface area contributed by atoms with Gasteiger partial charge in [-0.2, -0.15) is 0 Å². The Morgan fingerprint density at radius 3 is 0.579 bits per heavy atom. The summed E-state index contributed by atoms with van der Waals surface area (Å²) in [4.78, 5) is 0. The van der Waals surface area contributed by atoms with Crippen LogP contribution >= 0.6 is 0 Å². The molecule has 0 spiro atoms. The van der Waals surface area contributed by atoms with Gasteiger partial charge in [-0.1, -0.05) is 309 Å². The highest BCUT2D eigenvalue weighted by molar-refractivity contribution is 7.21. The molecule has 0 bridgehead atoms. The van der Waals surface area contributed by atoms with E-state index in [1.807, 2.05) is 0 Å². The largest absolute Gasteiger partial charge is 0.309 e. The maximum absolute atomic E-state index is 2.90. The van der Waals surface area contributed by atoms with E-state index in [4.69, 9.17) is 0 Å². The van der Waals surface area contributed by atoms with Crippen LogP contribution in [-0.2, 0) is 0 Å². The van der Waals surface area contributed by atoms with Crippen LogP contribution in [0.4, 0.5) is 0 Å². The van der Waals surface area contributed by atoms with Crippen LogP contribution in [-0.4, -0.2) is 28.8 Å². The summed E-state index contributed by atoms with van der Waals surface area (Å²) in [6.07, 6.45) is 0. The van der Waals surface area contributed by atoms with Crippen molar-refractivity contribution in [2.75, 3.05) is 0 Å². The van der Waals surface area contributed by atoms with Crippen LogP contribution in [0.1, 0.15) is 0 Å². The molecule has 0 unspecified atom stereocenters. The van der Waals surface area contributed by atoms with Gasteiger partial charge in [0.15, 0.2) is 24.2 Å². The second kappa shape index (κ2) is 20.1. The van der Waals surface area contributed by atoms with Gasteiger partial charge in [0, 0.05) is 16.5 Å². The molecule has 0 saturated heterocycles. The zero-order chi connectivity index (χ0) is 50.8. The molecule has 0 aliphatic heterocycles. The zero-order valence-electron chi connectivity index (χ0n) is 42.2. The summed E-state index contributed by atoms with van der Waals surface area (Å²) in [6, 6.07) is 126. The highest BCUT2D eigenvalue weighted by atomic mass is 28.3. The van der Waals surface area contributed by atoms with Crippen LogP contribution in [0.3, 0.4) is 0 Å². The van der Waals surface area contributed by atoms with E-state index in [0.29, 0.717) is 0 Å². The Morgan fingerprint density at radius 1 is 0.171 bits per heavy atom. The number of rotatable bonds is 13. The van der Waals surface area contributed by atoms with E-state index in [9.17, 15) is 0 Å². The third kappa shape index (κ3) is 7.64. The molecule has 0 saturated carbocycles. The van der Waals surface area contributed by atoms with Gasteiger partial charge in [-0.25, -0.2) is 0 Å². The van der Waals surface area contributed by atoms with Crippen LogP contribution in [0.25, 0.3) is 27.5 Å². The summed E-state index contributed by atoms with van der Waals surface area (Å²) in [6.45, 7) is 0. The van der Waals surface area contributed by atoms with Gasteiger partial charge in [0.25, 0.3) is 0 Å². The number of hydrogen-bond donors (Lipinski definition) is 0. The van der Waals surface area contributed by atoms with E-state index >= 15 is 0 Å². The summed E-state index contributed by atoms with van der Waals surface area (Å²) in [7, 11) is -8.57. The minimum atomic E-state index is -2.90. The summed E-state index contributed by atoms with van der Waals surface area (Å²) in [5.41, 5.74) is 3.51. The molecule has 1 heterocycles. The average Bonchev–Trinajstić information content (AvgIpc) is 3.84. The maximum Gasteiger partial charge on any atom is 0.179 e. The molecule has 0 aliphatic carbocycles. The normalized spacial score (nSPS) is 11.9. The van der Waals surface area contributed by atoms with Gasteiger partial charge in [-0.05, 0) is 86.5 Å². The van der Waals surface area contributed by atoms with E-state index in [1.54, 1.807) is 0 Å². The summed E-state index contributed by atoms with van der Waals surface area (Å²) < 4.78 is 2.53. The molecule has 12 aromatic carbocycles. The molecule has 13 aromatic rings. The first kappa shape index (κ1) is 46.8. The fourth-order valence-corrected chi connectivity index (χ4v) is 27.1. The monoisotopic (exact) mass is 1020 g/mol. The zero-order valence-corrected chi connectivity index (χ0v) is 45.2. The number of benzene rings is 12. The lowest BCUT2D eigenvalue weighted by molar-refractivity contribution is 1.18. The molecule has 0 aliphatic rings. The van der Waals surface area contributed by atoms with Gasteiger partial charge in [-0.3, -0.25) is 0 Å². The van der Waals surface area contributed by atoms with E-state index in [-0.39, 0.29) is 0 Å². The molecule has 0 fully saturated rings. The van der Waals surface area contributed by atoms with E-state index in [2.05, 4.69) is 338 Å². The molecular weight excluding hydrogens is 963 g/mol. The first-order valence-corrected chi connectivity index (χ1v) is 32.4. The predicted octanol–water partition coefficient (Wildman–Crippen LogP) is 8.92. The quantitative estimate of drug-likeness (QED) is 0.0804. The molecule has 360 valence electrons. The lowest BCUT2D eigenvalue weighted by Gasteiger charge is -2.34. The van der Waals surface area contributed by atoms with Crippen LogP contribution in [0.5, 0.6) is 0 Å². The number of nitrogens with zero attached hydrogens (tertiary/aromatic N) is 1. The van der Waals surface area contributed by atoms with E-state index in [1.165, 1.54) is 84.0 Å². The van der Waals surface area contributed by atoms with Gasteiger partial charge >= 0.3 is 0 Å². The first-order valence-electron chi connectivity index (χ1n) is 26.4. The third-order valence-electron chi connectivity index (χ3n) is 16.1. The van der Waals surface area contributed by atoms with Crippen LogP contribution in [0.15, 0.2) is 334 Å². The molecule has 13 rings (SSSR count).